The van der Waals surface area contributed by atoms with Crippen LogP contribution in [0, 0.1) is 0 Å². The van der Waals surface area contributed by atoms with E-state index in [1.165, 1.54) is 6.20 Å². The first-order valence-electron chi connectivity index (χ1n) is 6.46. The second-order valence-corrected chi connectivity index (χ2v) is 4.90. The molecule has 1 rings (SSSR count). The molecule has 1 aromatic rings. The Morgan fingerprint density at radius 2 is 1.95 bits per heavy atom. The third-order valence-electron chi connectivity index (χ3n) is 3.65. The molecule has 0 atom stereocenters. The van der Waals surface area contributed by atoms with Gasteiger partial charge >= 0.3 is 0 Å². The van der Waals surface area contributed by atoms with Gasteiger partial charge in [-0.2, -0.15) is 0 Å². The Morgan fingerprint density at radius 1 is 1.37 bits per heavy atom. The van der Waals surface area contributed by atoms with Crippen LogP contribution in [0.3, 0.4) is 0 Å². The summed E-state index contributed by atoms with van der Waals surface area (Å²) < 4.78 is 0. The number of anilines is 1. The molecule has 0 aromatic carbocycles. The van der Waals surface area contributed by atoms with E-state index in [-0.39, 0.29) is 11.4 Å². The number of nitrogens with two attached hydrogens (primary N) is 1. The number of rotatable bonds is 6. The summed E-state index contributed by atoms with van der Waals surface area (Å²) in [4.78, 5) is 16.2. The smallest absolute Gasteiger partial charge is 0.253 e. The van der Waals surface area contributed by atoms with E-state index in [0.29, 0.717) is 16.4 Å². The third-order valence-corrected chi connectivity index (χ3v) is 3.94. The summed E-state index contributed by atoms with van der Waals surface area (Å²) in [5.41, 5.74) is 2.63. The van der Waals surface area contributed by atoms with Crippen molar-refractivity contribution in [3.63, 3.8) is 0 Å². The van der Waals surface area contributed by atoms with Crippen LogP contribution >= 0.6 is 11.6 Å². The molecule has 0 aliphatic heterocycles. The second kappa shape index (κ2) is 6.73. The summed E-state index contributed by atoms with van der Waals surface area (Å²) in [5.74, 6) is 5.44. The first-order valence-corrected chi connectivity index (χ1v) is 6.84. The van der Waals surface area contributed by atoms with E-state index in [9.17, 15) is 4.79 Å². The number of nitrogens with zero attached hydrogens (tertiary/aromatic N) is 1. The summed E-state index contributed by atoms with van der Waals surface area (Å²) in [7, 11) is 0. The molecule has 0 radical (unpaired) electrons. The molecule has 0 unspecified atom stereocenters. The molecule has 4 N–H and O–H groups in total. The van der Waals surface area contributed by atoms with Gasteiger partial charge < -0.3 is 10.7 Å². The molecule has 0 fully saturated rings. The zero-order chi connectivity index (χ0) is 14.5. The number of nitrogens with one attached hydrogen (secondary N) is 2. The van der Waals surface area contributed by atoms with E-state index in [0.717, 1.165) is 19.3 Å². The Bertz CT molecular complexity index is 438. The highest BCUT2D eigenvalue weighted by Gasteiger charge is 2.26. The predicted octanol–water partition coefficient (Wildman–Crippen LogP) is 2.72. The van der Waals surface area contributed by atoms with E-state index < -0.39 is 0 Å². The maximum atomic E-state index is 12.2. The number of pyridine rings is 1. The molecular weight excluding hydrogens is 264 g/mol. The van der Waals surface area contributed by atoms with Gasteiger partial charge in [0.15, 0.2) is 5.82 Å². The summed E-state index contributed by atoms with van der Waals surface area (Å²) in [5, 5.41) is 3.40. The van der Waals surface area contributed by atoms with Crippen molar-refractivity contribution < 1.29 is 4.79 Å². The SMILES string of the molecule is CCC(CC)(CC)NC(=O)c1cnc(NN)c(Cl)c1. The van der Waals surface area contributed by atoms with E-state index >= 15 is 0 Å². The molecule has 6 heteroatoms. The molecule has 1 heterocycles. The normalized spacial score (nSPS) is 11.2. The molecule has 5 nitrogen and oxygen atoms in total. The number of halogens is 1. The molecular formula is C13H21ClN4O. The Kier molecular flexibility index (Phi) is 5.57. The van der Waals surface area contributed by atoms with Crippen molar-refractivity contribution in [1.82, 2.24) is 10.3 Å². The lowest BCUT2D eigenvalue weighted by molar-refractivity contribution is 0.0888. The zero-order valence-electron chi connectivity index (χ0n) is 11.6. The standard InChI is InChI=1S/C13H21ClN4O/c1-4-13(5-2,6-3)17-12(19)9-7-10(14)11(18-15)16-8-9/h7-8H,4-6,15H2,1-3H3,(H,16,18)(H,17,19). The summed E-state index contributed by atoms with van der Waals surface area (Å²) in [6.45, 7) is 6.21. The number of hydrogen-bond acceptors (Lipinski definition) is 4. The average Bonchev–Trinajstić information content (AvgIpc) is 2.44. The molecule has 0 aliphatic carbocycles. The monoisotopic (exact) mass is 284 g/mol. The van der Waals surface area contributed by atoms with Crippen LogP contribution in [0.2, 0.25) is 5.02 Å². The molecule has 0 spiro atoms. The van der Waals surface area contributed by atoms with E-state index in [2.05, 4.69) is 36.5 Å². The van der Waals surface area contributed by atoms with Crippen molar-refractivity contribution in [3.8, 4) is 0 Å². The van der Waals surface area contributed by atoms with Gasteiger partial charge in [-0.05, 0) is 25.3 Å². The van der Waals surface area contributed by atoms with Gasteiger partial charge in [0.25, 0.3) is 5.91 Å². The molecule has 0 bridgehead atoms. The van der Waals surface area contributed by atoms with E-state index in [1.54, 1.807) is 6.07 Å². The van der Waals surface area contributed by atoms with Crippen LogP contribution in [0.1, 0.15) is 50.4 Å². The minimum atomic E-state index is -0.172. The fourth-order valence-corrected chi connectivity index (χ4v) is 2.22. The lowest BCUT2D eigenvalue weighted by atomic mass is 9.89. The molecule has 1 amide bonds. The Morgan fingerprint density at radius 3 is 2.37 bits per heavy atom. The van der Waals surface area contributed by atoms with Gasteiger partial charge in [-0.3, -0.25) is 4.79 Å². The van der Waals surface area contributed by atoms with Crippen molar-refractivity contribution in [2.45, 2.75) is 45.6 Å². The van der Waals surface area contributed by atoms with Crippen LogP contribution in [-0.2, 0) is 0 Å². The Balaban J connectivity index is 2.92. The van der Waals surface area contributed by atoms with Gasteiger partial charge in [0.1, 0.15) is 0 Å². The van der Waals surface area contributed by atoms with Crippen LogP contribution in [0.25, 0.3) is 0 Å². The van der Waals surface area contributed by atoms with Crippen molar-refractivity contribution in [2.75, 3.05) is 5.43 Å². The van der Waals surface area contributed by atoms with Crippen molar-refractivity contribution in [1.29, 1.82) is 0 Å². The van der Waals surface area contributed by atoms with Crippen LogP contribution in [0.5, 0.6) is 0 Å². The highest BCUT2D eigenvalue weighted by atomic mass is 35.5. The summed E-state index contributed by atoms with van der Waals surface area (Å²) in [6, 6.07) is 1.56. The summed E-state index contributed by atoms with van der Waals surface area (Å²) in [6.07, 6.45) is 4.11. The van der Waals surface area contributed by atoms with Crippen LogP contribution in [-0.4, -0.2) is 16.4 Å². The molecule has 0 aliphatic rings. The highest BCUT2D eigenvalue weighted by Crippen LogP contribution is 2.22. The van der Waals surface area contributed by atoms with Gasteiger partial charge in [-0.25, -0.2) is 10.8 Å². The van der Waals surface area contributed by atoms with Gasteiger partial charge in [0.2, 0.25) is 0 Å². The topological polar surface area (TPSA) is 80.0 Å². The second-order valence-electron chi connectivity index (χ2n) is 4.49. The number of carbonyl (C=O) groups excluding carboxylic acids is 1. The van der Waals surface area contributed by atoms with Gasteiger partial charge in [0, 0.05) is 11.7 Å². The van der Waals surface area contributed by atoms with Crippen LogP contribution < -0.4 is 16.6 Å². The Labute approximate surface area is 118 Å². The highest BCUT2D eigenvalue weighted by molar-refractivity contribution is 6.33. The van der Waals surface area contributed by atoms with Crippen molar-refractivity contribution in [3.05, 3.63) is 22.8 Å². The van der Waals surface area contributed by atoms with E-state index in [1.807, 2.05) is 0 Å². The van der Waals surface area contributed by atoms with Gasteiger partial charge in [-0.15, -0.1) is 0 Å². The first-order chi connectivity index (χ1) is 9.01. The minimum Gasteiger partial charge on any atom is -0.347 e. The lowest BCUT2D eigenvalue weighted by Crippen LogP contribution is -2.47. The molecule has 0 saturated heterocycles. The number of hydrogen-bond donors (Lipinski definition) is 3. The number of aromatic nitrogens is 1. The van der Waals surface area contributed by atoms with Gasteiger partial charge in [-0.1, -0.05) is 32.4 Å². The molecule has 0 saturated carbocycles. The van der Waals surface area contributed by atoms with Crippen LogP contribution in [0.15, 0.2) is 12.3 Å². The summed E-state index contributed by atoms with van der Waals surface area (Å²) >= 11 is 5.96. The molecule has 19 heavy (non-hydrogen) atoms. The lowest BCUT2D eigenvalue weighted by Gasteiger charge is -2.31. The van der Waals surface area contributed by atoms with Crippen molar-refractivity contribution in [2.24, 2.45) is 5.84 Å². The van der Waals surface area contributed by atoms with E-state index in [4.69, 9.17) is 17.4 Å². The Hall–Kier alpha value is -1.33. The molecule has 1 aromatic heterocycles. The predicted molar refractivity (Wildman–Crippen MR) is 78.1 cm³/mol. The molecule has 106 valence electrons. The largest absolute Gasteiger partial charge is 0.347 e. The fourth-order valence-electron chi connectivity index (χ4n) is 2.00. The van der Waals surface area contributed by atoms with Crippen LogP contribution in [0.4, 0.5) is 5.82 Å². The maximum absolute atomic E-state index is 12.2. The number of amides is 1. The minimum absolute atomic E-state index is 0.163. The van der Waals surface area contributed by atoms with Gasteiger partial charge in [0.05, 0.1) is 10.6 Å². The average molecular weight is 285 g/mol. The number of carbonyl (C=O) groups is 1. The number of hydrazine groups is 1. The number of nitrogen functional groups attached to an aromatic ring is 1. The zero-order valence-corrected chi connectivity index (χ0v) is 12.3. The fraction of sp³-hybridized carbons (Fsp3) is 0.538. The third kappa shape index (κ3) is 3.58. The first kappa shape index (κ1) is 15.7. The van der Waals surface area contributed by atoms with Crippen molar-refractivity contribution >= 4 is 23.3 Å². The quantitative estimate of drug-likeness (QED) is 0.554. The maximum Gasteiger partial charge on any atom is 0.253 e.